The van der Waals surface area contributed by atoms with E-state index in [1.807, 2.05) is 0 Å². The lowest BCUT2D eigenvalue weighted by Gasteiger charge is -2.20. The number of halogens is 1. The Labute approximate surface area is 118 Å². The van der Waals surface area contributed by atoms with E-state index in [0.717, 1.165) is 32.1 Å². The second-order valence-corrected chi connectivity index (χ2v) is 5.25. The van der Waals surface area contributed by atoms with Crippen LogP contribution in [0, 0.1) is 11.7 Å². The molecule has 4 nitrogen and oxygen atoms in total. The van der Waals surface area contributed by atoms with Crippen LogP contribution in [0.1, 0.15) is 32.1 Å². The minimum atomic E-state index is -0.490. The zero-order valence-corrected chi connectivity index (χ0v) is 11.7. The Morgan fingerprint density at radius 1 is 1.35 bits per heavy atom. The van der Waals surface area contributed by atoms with Gasteiger partial charge in [-0.25, -0.2) is 4.39 Å². The molecule has 0 bridgehead atoms. The van der Waals surface area contributed by atoms with Gasteiger partial charge in [-0.15, -0.1) is 0 Å². The highest BCUT2D eigenvalue weighted by Crippen LogP contribution is 2.25. The van der Waals surface area contributed by atoms with Gasteiger partial charge in [0.25, 0.3) is 0 Å². The molecule has 0 aromatic heterocycles. The van der Waals surface area contributed by atoms with E-state index in [0.29, 0.717) is 5.69 Å². The molecule has 1 fully saturated rings. The molecule has 1 aliphatic carbocycles. The van der Waals surface area contributed by atoms with Gasteiger partial charge in [0, 0.05) is 17.8 Å². The van der Waals surface area contributed by atoms with Crippen molar-refractivity contribution < 1.29 is 13.9 Å². The minimum Gasteiger partial charge on any atom is -0.494 e. The number of amides is 1. The molecule has 1 aromatic rings. The van der Waals surface area contributed by atoms with Crippen molar-refractivity contribution in [3.05, 3.63) is 24.0 Å². The predicted octanol–water partition coefficient (Wildman–Crippen LogP) is 2.68. The first-order chi connectivity index (χ1) is 9.61. The van der Waals surface area contributed by atoms with Crippen LogP contribution < -0.4 is 15.8 Å². The molecule has 3 N–H and O–H groups in total. The molecule has 1 aromatic carbocycles. The van der Waals surface area contributed by atoms with E-state index in [2.05, 4.69) is 5.32 Å². The van der Waals surface area contributed by atoms with E-state index >= 15 is 0 Å². The highest BCUT2D eigenvalue weighted by Gasteiger charge is 2.27. The van der Waals surface area contributed by atoms with Gasteiger partial charge >= 0.3 is 0 Å². The second kappa shape index (κ2) is 6.70. The van der Waals surface area contributed by atoms with Crippen molar-refractivity contribution >= 4 is 11.6 Å². The number of hydrogen-bond acceptors (Lipinski definition) is 3. The van der Waals surface area contributed by atoms with E-state index in [9.17, 15) is 9.18 Å². The summed E-state index contributed by atoms with van der Waals surface area (Å²) in [6.45, 7) is 0. The topological polar surface area (TPSA) is 64.3 Å². The zero-order chi connectivity index (χ0) is 14.5. The first kappa shape index (κ1) is 14.8. The molecule has 2 atom stereocenters. The van der Waals surface area contributed by atoms with Crippen molar-refractivity contribution in [3.63, 3.8) is 0 Å². The van der Waals surface area contributed by atoms with Crippen molar-refractivity contribution in [2.24, 2.45) is 11.7 Å². The molecular formula is C15H21FN2O2. The molecule has 20 heavy (non-hydrogen) atoms. The number of nitrogens with two attached hydrogens (primary N) is 1. The summed E-state index contributed by atoms with van der Waals surface area (Å²) in [5, 5.41) is 2.75. The standard InChI is InChI=1S/C15H21FN2O2/c1-20-14-8-7-10(9-12(14)16)18-15(19)11-5-3-2-4-6-13(11)17/h7-9,11,13H,2-6,17H2,1H3,(H,18,19). The molecule has 110 valence electrons. The van der Waals surface area contributed by atoms with Crippen molar-refractivity contribution in [1.82, 2.24) is 0 Å². The number of benzene rings is 1. The van der Waals surface area contributed by atoms with Crippen LogP contribution in [0.15, 0.2) is 18.2 Å². The summed E-state index contributed by atoms with van der Waals surface area (Å²) in [5.74, 6) is -0.642. The number of anilines is 1. The largest absolute Gasteiger partial charge is 0.494 e. The Hall–Kier alpha value is -1.62. The van der Waals surface area contributed by atoms with Gasteiger partial charge in [0.05, 0.1) is 13.0 Å². The second-order valence-electron chi connectivity index (χ2n) is 5.25. The number of ether oxygens (including phenoxy) is 1. The summed E-state index contributed by atoms with van der Waals surface area (Å²) in [7, 11) is 1.40. The van der Waals surface area contributed by atoms with Gasteiger partial charge in [0.1, 0.15) is 0 Å². The van der Waals surface area contributed by atoms with Gasteiger partial charge in [-0.3, -0.25) is 4.79 Å². The van der Waals surface area contributed by atoms with Gasteiger partial charge < -0.3 is 15.8 Å². The normalized spacial score (nSPS) is 22.9. The summed E-state index contributed by atoms with van der Waals surface area (Å²) in [4.78, 5) is 12.3. The molecule has 0 radical (unpaired) electrons. The molecule has 1 aliphatic rings. The van der Waals surface area contributed by atoms with Gasteiger partial charge in [0.15, 0.2) is 11.6 Å². The molecule has 5 heteroatoms. The molecular weight excluding hydrogens is 259 g/mol. The number of methoxy groups -OCH3 is 1. The van der Waals surface area contributed by atoms with Crippen molar-refractivity contribution in [2.45, 2.75) is 38.1 Å². The third-order valence-corrected chi connectivity index (χ3v) is 3.83. The molecule has 2 unspecified atom stereocenters. The van der Waals surface area contributed by atoms with Crippen LogP contribution in [0.4, 0.5) is 10.1 Å². The summed E-state index contributed by atoms with van der Waals surface area (Å²) in [6.07, 6.45) is 4.88. The lowest BCUT2D eigenvalue weighted by Crippen LogP contribution is -2.37. The lowest BCUT2D eigenvalue weighted by atomic mass is 9.94. The highest BCUT2D eigenvalue weighted by molar-refractivity contribution is 5.93. The fourth-order valence-corrected chi connectivity index (χ4v) is 2.64. The molecule has 0 heterocycles. The maximum atomic E-state index is 13.6. The van der Waals surface area contributed by atoms with Crippen LogP contribution >= 0.6 is 0 Å². The molecule has 2 rings (SSSR count). The quantitative estimate of drug-likeness (QED) is 0.837. The minimum absolute atomic E-state index is 0.111. The number of rotatable bonds is 3. The van der Waals surface area contributed by atoms with Crippen LogP contribution in [0.25, 0.3) is 0 Å². The smallest absolute Gasteiger partial charge is 0.229 e. The maximum absolute atomic E-state index is 13.6. The van der Waals surface area contributed by atoms with Crippen LogP contribution in [0.3, 0.4) is 0 Å². The number of carbonyl (C=O) groups excluding carboxylic acids is 1. The summed E-state index contributed by atoms with van der Waals surface area (Å²) in [5.41, 5.74) is 6.49. The van der Waals surface area contributed by atoms with Crippen molar-refractivity contribution in [3.8, 4) is 5.75 Å². The van der Waals surface area contributed by atoms with E-state index in [1.54, 1.807) is 6.07 Å². The number of nitrogens with one attached hydrogen (secondary N) is 1. The monoisotopic (exact) mass is 280 g/mol. The fraction of sp³-hybridized carbons (Fsp3) is 0.533. The lowest BCUT2D eigenvalue weighted by molar-refractivity contribution is -0.120. The highest BCUT2D eigenvalue weighted by atomic mass is 19.1. The molecule has 0 spiro atoms. The number of carbonyl (C=O) groups is 1. The van der Waals surface area contributed by atoms with Gasteiger partial charge in [-0.2, -0.15) is 0 Å². The molecule has 1 saturated carbocycles. The maximum Gasteiger partial charge on any atom is 0.229 e. The Kier molecular flexibility index (Phi) is 4.95. The third-order valence-electron chi connectivity index (χ3n) is 3.83. The fourth-order valence-electron chi connectivity index (χ4n) is 2.64. The van der Waals surface area contributed by atoms with E-state index in [4.69, 9.17) is 10.5 Å². The average Bonchev–Trinajstić information content (AvgIpc) is 2.63. The Bertz CT molecular complexity index is 479. The first-order valence-corrected chi connectivity index (χ1v) is 7.02. The van der Waals surface area contributed by atoms with Gasteiger partial charge in [0.2, 0.25) is 5.91 Å². The summed E-state index contributed by atoms with van der Waals surface area (Å²) >= 11 is 0. The summed E-state index contributed by atoms with van der Waals surface area (Å²) < 4.78 is 18.4. The van der Waals surface area contributed by atoms with E-state index < -0.39 is 5.82 Å². The Morgan fingerprint density at radius 3 is 2.80 bits per heavy atom. The first-order valence-electron chi connectivity index (χ1n) is 7.02. The number of hydrogen-bond donors (Lipinski definition) is 2. The molecule has 0 saturated heterocycles. The van der Waals surface area contributed by atoms with Crippen LogP contribution in [-0.4, -0.2) is 19.1 Å². The molecule has 1 amide bonds. The Balaban J connectivity index is 2.04. The summed E-state index contributed by atoms with van der Waals surface area (Å²) in [6, 6.07) is 4.28. The van der Waals surface area contributed by atoms with Crippen molar-refractivity contribution in [1.29, 1.82) is 0 Å². The van der Waals surface area contributed by atoms with Crippen LogP contribution in [0.2, 0.25) is 0 Å². The van der Waals surface area contributed by atoms with Gasteiger partial charge in [-0.1, -0.05) is 19.3 Å². The zero-order valence-electron chi connectivity index (χ0n) is 11.7. The van der Waals surface area contributed by atoms with Crippen LogP contribution in [-0.2, 0) is 4.79 Å². The third kappa shape index (κ3) is 3.48. The SMILES string of the molecule is COc1ccc(NC(=O)C2CCCCCC2N)cc1F. The Morgan fingerprint density at radius 2 is 2.10 bits per heavy atom. The van der Waals surface area contributed by atoms with E-state index in [1.165, 1.54) is 19.2 Å². The van der Waals surface area contributed by atoms with E-state index in [-0.39, 0.29) is 23.6 Å². The van der Waals surface area contributed by atoms with Crippen LogP contribution in [0.5, 0.6) is 5.75 Å². The van der Waals surface area contributed by atoms with Gasteiger partial charge in [-0.05, 0) is 25.0 Å². The molecule has 0 aliphatic heterocycles. The predicted molar refractivity (Wildman–Crippen MR) is 76.1 cm³/mol. The van der Waals surface area contributed by atoms with Crippen molar-refractivity contribution in [2.75, 3.05) is 12.4 Å². The average molecular weight is 280 g/mol.